The summed E-state index contributed by atoms with van der Waals surface area (Å²) in [6, 6.07) is 12.0. The molecule has 178 valence electrons. The minimum absolute atomic E-state index is 0.100. The second kappa shape index (κ2) is 8.68. The van der Waals surface area contributed by atoms with Crippen LogP contribution in [0.5, 0.6) is 5.75 Å². The van der Waals surface area contributed by atoms with Crippen LogP contribution in [-0.2, 0) is 11.3 Å². The summed E-state index contributed by atoms with van der Waals surface area (Å²) in [5, 5.41) is 18.8. The normalized spacial score (nSPS) is 20.4. The summed E-state index contributed by atoms with van der Waals surface area (Å²) in [6.45, 7) is 0.197. The number of carbonyl (C=O) groups excluding carboxylic acids is 3. The number of fused-ring (bicyclic) bond motifs is 1. The van der Waals surface area contributed by atoms with Gasteiger partial charge in [0.1, 0.15) is 5.75 Å². The number of nitrogens with one attached hydrogen (secondary N) is 5. The van der Waals surface area contributed by atoms with E-state index in [1.165, 1.54) is 12.0 Å². The highest BCUT2D eigenvalue weighted by Crippen LogP contribution is 2.28. The summed E-state index contributed by atoms with van der Waals surface area (Å²) in [5.74, 6) is 5.79. The van der Waals surface area contributed by atoms with E-state index in [0.29, 0.717) is 29.5 Å². The Kier molecular flexibility index (Phi) is 5.53. The third kappa shape index (κ3) is 4.61. The highest BCUT2D eigenvalue weighted by Gasteiger charge is 2.48. The highest BCUT2D eigenvalue weighted by atomic mass is 16.5. The molecule has 2 fully saturated rings. The van der Waals surface area contributed by atoms with Gasteiger partial charge < -0.3 is 25.6 Å². The van der Waals surface area contributed by atoms with Gasteiger partial charge in [-0.2, -0.15) is 0 Å². The third-order valence-corrected chi connectivity index (χ3v) is 6.07. The molecular weight excluding hydrogens is 448 g/mol. The van der Waals surface area contributed by atoms with Crippen molar-refractivity contribution in [3.63, 3.8) is 0 Å². The number of nitrogens with zero attached hydrogens (tertiary/aromatic N) is 1. The minimum atomic E-state index is -1.58. The topological polar surface area (TPSA) is 136 Å². The lowest BCUT2D eigenvalue weighted by atomic mass is 9.99. The molecule has 2 heterocycles. The van der Waals surface area contributed by atoms with Gasteiger partial charge >= 0.3 is 6.03 Å². The van der Waals surface area contributed by atoms with Gasteiger partial charge in [0.05, 0.1) is 13.7 Å². The Bertz CT molecular complexity index is 1290. The fraction of sp³-hybridized carbons (Fsp3) is 0.280. The van der Waals surface area contributed by atoms with Crippen LogP contribution in [0.3, 0.4) is 0 Å². The molecule has 5 rings (SSSR count). The number of imide groups is 1. The van der Waals surface area contributed by atoms with E-state index in [9.17, 15) is 14.4 Å². The molecule has 0 spiro atoms. The first kappa shape index (κ1) is 22.3. The first-order chi connectivity index (χ1) is 16.8. The largest absolute Gasteiger partial charge is 0.497 e. The Morgan fingerprint density at radius 2 is 1.97 bits per heavy atom. The maximum atomic E-state index is 13.0. The van der Waals surface area contributed by atoms with Crippen LogP contribution in [0.2, 0.25) is 0 Å². The number of hydrogen-bond donors (Lipinski definition) is 5. The van der Waals surface area contributed by atoms with Crippen molar-refractivity contribution < 1.29 is 19.1 Å². The molecule has 3 aliphatic rings. The average Bonchev–Trinajstić information content (AvgIpc) is 3.54. The fourth-order valence-electron chi connectivity index (χ4n) is 4.04. The van der Waals surface area contributed by atoms with E-state index in [-0.39, 0.29) is 18.4 Å². The van der Waals surface area contributed by atoms with Crippen LogP contribution in [0.1, 0.15) is 34.3 Å². The second-order valence-corrected chi connectivity index (χ2v) is 8.74. The number of carbonyl (C=O) groups is 3. The van der Waals surface area contributed by atoms with E-state index in [1.807, 2.05) is 6.07 Å². The van der Waals surface area contributed by atoms with Gasteiger partial charge in [-0.25, -0.2) is 4.79 Å². The molecule has 2 aliphatic heterocycles. The maximum absolute atomic E-state index is 13.0. The van der Waals surface area contributed by atoms with Crippen molar-refractivity contribution in [2.45, 2.75) is 31.0 Å². The number of rotatable bonds is 5. The maximum Gasteiger partial charge on any atom is 0.323 e. The van der Waals surface area contributed by atoms with Gasteiger partial charge in [-0.3, -0.25) is 20.3 Å². The minimum Gasteiger partial charge on any atom is -0.497 e. The number of anilines is 1. The van der Waals surface area contributed by atoms with Gasteiger partial charge in [-0.1, -0.05) is 17.9 Å². The van der Waals surface area contributed by atoms with Gasteiger partial charge in [0.25, 0.3) is 11.8 Å². The van der Waals surface area contributed by atoms with Crippen molar-refractivity contribution in [1.29, 1.82) is 5.41 Å². The van der Waals surface area contributed by atoms with E-state index in [2.05, 4.69) is 33.1 Å². The number of guanidine groups is 1. The van der Waals surface area contributed by atoms with E-state index in [1.54, 1.807) is 36.4 Å². The third-order valence-electron chi connectivity index (χ3n) is 6.07. The molecule has 35 heavy (non-hydrogen) atoms. The fourth-order valence-corrected chi connectivity index (χ4v) is 4.04. The molecular formula is C25H24N6O4. The van der Waals surface area contributed by atoms with Crippen molar-refractivity contribution in [2.75, 3.05) is 19.0 Å². The smallest absolute Gasteiger partial charge is 0.323 e. The average molecular weight is 473 g/mol. The Morgan fingerprint density at radius 3 is 2.63 bits per heavy atom. The summed E-state index contributed by atoms with van der Waals surface area (Å²) in [6.07, 6.45) is 2.15. The lowest BCUT2D eigenvalue weighted by Crippen LogP contribution is -2.54. The molecule has 0 radical (unpaired) electrons. The SMILES string of the molecule is COc1ccc2c(c1)C(=O)N(CC1(C#Cc3ccc(NC(=N)NC4CC4)cc3)NC(=O)NC1=O)C2. The Balaban J connectivity index is 1.33. The van der Waals surface area contributed by atoms with Crippen LogP contribution in [0.25, 0.3) is 0 Å². The standard InChI is InChI=1S/C25H24N6O4/c1-35-19-9-4-16-13-31(21(32)20(16)12-19)14-25(22(33)29-24(34)30-25)11-10-15-2-5-17(6-3-15)27-23(26)28-18-7-8-18/h2-6,9,12,18H,7-8,13-14H2,1H3,(H3,26,27,28)(H2,29,30,33,34). The Hall–Kier alpha value is -4.52. The van der Waals surface area contributed by atoms with E-state index >= 15 is 0 Å². The van der Waals surface area contributed by atoms with Gasteiger partial charge in [-0.05, 0) is 54.8 Å². The molecule has 2 aromatic carbocycles. The van der Waals surface area contributed by atoms with Crippen LogP contribution in [0, 0.1) is 17.3 Å². The zero-order valence-corrected chi connectivity index (χ0v) is 19.0. The summed E-state index contributed by atoms with van der Waals surface area (Å²) in [4.78, 5) is 39.3. The lowest BCUT2D eigenvalue weighted by Gasteiger charge is -2.26. The number of urea groups is 1. The predicted octanol–water partition coefficient (Wildman–Crippen LogP) is 1.38. The molecule has 0 aromatic heterocycles. The molecule has 1 aliphatic carbocycles. The van der Waals surface area contributed by atoms with Crippen LogP contribution >= 0.6 is 0 Å². The molecule has 10 heteroatoms. The van der Waals surface area contributed by atoms with Crippen molar-refractivity contribution in [1.82, 2.24) is 20.9 Å². The van der Waals surface area contributed by atoms with Gasteiger partial charge in [0, 0.05) is 29.4 Å². The molecule has 1 saturated heterocycles. The second-order valence-electron chi connectivity index (χ2n) is 8.74. The van der Waals surface area contributed by atoms with E-state index in [4.69, 9.17) is 10.1 Å². The first-order valence-electron chi connectivity index (χ1n) is 11.2. The molecule has 1 unspecified atom stereocenters. The summed E-state index contributed by atoms with van der Waals surface area (Å²) in [5.41, 5.74) is 1.08. The summed E-state index contributed by atoms with van der Waals surface area (Å²) < 4.78 is 5.21. The monoisotopic (exact) mass is 472 g/mol. The number of amides is 4. The molecule has 0 bridgehead atoms. The number of ether oxygens (including phenoxy) is 1. The summed E-state index contributed by atoms with van der Waals surface area (Å²) in [7, 11) is 1.53. The quantitative estimate of drug-likeness (QED) is 0.193. The van der Waals surface area contributed by atoms with Crippen LogP contribution in [-0.4, -0.2) is 53.9 Å². The van der Waals surface area contributed by atoms with Crippen LogP contribution in [0.4, 0.5) is 10.5 Å². The van der Waals surface area contributed by atoms with E-state index in [0.717, 1.165) is 24.1 Å². The van der Waals surface area contributed by atoms with Crippen LogP contribution in [0.15, 0.2) is 42.5 Å². The Morgan fingerprint density at radius 1 is 1.20 bits per heavy atom. The molecule has 5 N–H and O–H groups in total. The molecule has 2 aromatic rings. The predicted molar refractivity (Wildman–Crippen MR) is 128 cm³/mol. The molecule has 1 atom stereocenters. The number of methoxy groups -OCH3 is 1. The zero-order valence-electron chi connectivity index (χ0n) is 19.0. The van der Waals surface area contributed by atoms with E-state index < -0.39 is 17.5 Å². The highest BCUT2D eigenvalue weighted by molar-refractivity contribution is 6.10. The molecule has 4 amide bonds. The van der Waals surface area contributed by atoms with Crippen molar-refractivity contribution in [3.05, 3.63) is 59.2 Å². The summed E-state index contributed by atoms with van der Waals surface area (Å²) >= 11 is 0. The van der Waals surface area contributed by atoms with Gasteiger partial charge in [-0.15, -0.1) is 0 Å². The Labute approximate surface area is 201 Å². The molecule has 1 saturated carbocycles. The van der Waals surface area contributed by atoms with Crippen molar-refractivity contribution >= 4 is 29.5 Å². The number of hydrogen-bond acceptors (Lipinski definition) is 5. The van der Waals surface area contributed by atoms with Crippen LogP contribution < -0.4 is 26.0 Å². The molecule has 10 nitrogen and oxygen atoms in total. The van der Waals surface area contributed by atoms with Crippen molar-refractivity contribution in [3.8, 4) is 17.6 Å². The zero-order chi connectivity index (χ0) is 24.6. The van der Waals surface area contributed by atoms with Gasteiger partial charge in [0.15, 0.2) is 5.96 Å². The lowest BCUT2D eigenvalue weighted by molar-refractivity contribution is -0.122. The number of benzene rings is 2. The first-order valence-corrected chi connectivity index (χ1v) is 11.2. The van der Waals surface area contributed by atoms with Gasteiger partial charge in [0.2, 0.25) is 5.54 Å². The van der Waals surface area contributed by atoms with Crippen molar-refractivity contribution in [2.24, 2.45) is 0 Å².